The molecule has 0 amide bonds. The first-order chi connectivity index (χ1) is 5.16. The van der Waals surface area contributed by atoms with Crippen molar-refractivity contribution in [3.05, 3.63) is 0 Å². The molecule has 0 unspecified atom stereocenters. The summed E-state index contributed by atoms with van der Waals surface area (Å²) in [7, 11) is 1.39. The number of rotatable bonds is 5. The largest absolute Gasteiger partial charge is 0.468 e. The van der Waals surface area contributed by atoms with Crippen LogP contribution in [0.5, 0.6) is 0 Å². The van der Waals surface area contributed by atoms with Crippen molar-refractivity contribution in [3.8, 4) is 0 Å². The summed E-state index contributed by atoms with van der Waals surface area (Å²) in [5, 5.41) is 3.55. The Kier molecular flexibility index (Phi) is 6.36. The summed E-state index contributed by atoms with van der Waals surface area (Å²) in [5.74, 6) is 0.585. The van der Waals surface area contributed by atoms with Gasteiger partial charge < -0.3 is 4.74 Å². The van der Waals surface area contributed by atoms with Gasteiger partial charge in [-0.2, -0.15) is 0 Å². The van der Waals surface area contributed by atoms with Gasteiger partial charge in [-0.25, -0.2) is 0 Å². The van der Waals surface area contributed by atoms with Crippen LogP contribution < -0.4 is 5.32 Å². The summed E-state index contributed by atoms with van der Waals surface area (Å²) in [5.41, 5.74) is 0. The van der Waals surface area contributed by atoms with Gasteiger partial charge in [0.2, 0.25) is 0 Å². The van der Waals surface area contributed by atoms with E-state index in [-0.39, 0.29) is 5.97 Å². The van der Waals surface area contributed by atoms with Crippen molar-refractivity contribution in [2.75, 3.05) is 19.5 Å². The molecule has 0 bridgehead atoms. The third-order valence-electron chi connectivity index (χ3n) is 1.02. The van der Waals surface area contributed by atoms with Crippen LogP contribution >= 0.6 is 11.8 Å². The first kappa shape index (κ1) is 10.8. The summed E-state index contributed by atoms with van der Waals surface area (Å²) < 4.78 is 4.45. The zero-order valence-electron chi connectivity index (χ0n) is 7.22. The molecule has 0 saturated heterocycles. The Morgan fingerprint density at radius 2 is 2.27 bits per heavy atom. The maximum absolute atomic E-state index is 10.6. The molecular formula is C7H15NO2S. The van der Waals surface area contributed by atoms with Crippen molar-refractivity contribution in [1.29, 1.82) is 0 Å². The molecule has 0 atom stereocenters. The number of thioether (sulfide) groups is 1. The highest BCUT2D eigenvalue weighted by molar-refractivity contribution is 7.99. The second-order valence-corrected chi connectivity index (χ2v) is 3.93. The lowest BCUT2D eigenvalue weighted by Crippen LogP contribution is -2.23. The molecule has 11 heavy (non-hydrogen) atoms. The fraction of sp³-hybridized carbons (Fsp3) is 0.857. The predicted octanol–water partition coefficient (Wildman–Crippen LogP) is 0.848. The Labute approximate surface area is 71.9 Å². The Balaban J connectivity index is 3.08. The summed E-state index contributed by atoms with van der Waals surface area (Å²) in [6, 6.07) is 0. The van der Waals surface area contributed by atoms with Gasteiger partial charge in [0.05, 0.1) is 13.7 Å². The number of methoxy groups -OCH3 is 1. The topological polar surface area (TPSA) is 38.3 Å². The maximum Gasteiger partial charge on any atom is 0.319 e. The van der Waals surface area contributed by atoms with Crippen molar-refractivity contribution < 1.29 is 9.53 Å². The lowest BCUT2D eigenvalue weighted by Gasteiger charge is -2.04. The first-order valence-electron chi connectivity index (χ1n) is 3.56. The molecule has 4 heteroatoms. The number of hydrogen-bond acceptors (Lipinski definition) is 4. The molecule has 0 aromatic carbocycles. The van der Waals surface area contributed by atoms with Crippen molar-refractivity contribution in [2.45, 2.75) is 19.1 Å². The molecule has 0 aliphatic rings. The molecule has 3 nitrogen and oxygen atoms in total. The van der Waals surface area contributed by atoms with Crippen molar-refractivity contribution >= 4 is 17.7 Å². The number of hydrogen-bond donors (Lipinski definition) is 1. The minimum atomic E-state index is -0.214. The second kappa shape index (κ2) is 6.49. The number of nitrogens with one attached hydrogen (secondary N) is 1. The highest BCUT2D eigenvalue weighted by Crippen LogP contribution is 2.05. The van der Waals surface area contributed by atoms with E-state index in [0.717, 1.165) is 5.88 Å². The standard InChI is InChI=1S/C7H15NO2S/c1-6(2)11-5-8-4-7(9)10-3/h6,8H,4-5H2,1-3H3. The van der Waals surface area contributed by atoms with E-state index in [4.69, 9.17) is 0 Å². The Morgan fingerprint density at radius 1 is 1.64 bits per heavy atom. The Morgan fingerprint density at radius 3 is 2.73 bits per heavy atom. The molecule has 0 aliphatic carbocycles. The van der Waals surface area contributed by atoms with Gasteiger partial charge in [0.15, 0.2) is 0 Å². The molecule has 0 aromatic rings. The molecule has 66 valence electrons. The van der Waals surface area contributed by atoms with Crippen molar-refractivity contribution in [3.63, 3.8) is 0 Å². The van der Waals surface area contributed by atoms with Crippen LogP contribution in [0, 0.1) is 0 Å². The average Bonchev–Trinajstić information content (AvgIpc) is 1.97. The number of carbonyl (C=O) groups excluding carboxylic acids is 1. The Bertz CT molecular complexity index is 117. The van der Waals surface area contributed by atoms with Gasteiger partial charge in [0.1, 0.15) is 0 Å². The summed E-state index contributed by atoms with van der Waals surface area (Å²) in [6.45, 7) is 4.53. The zero-order valence-corrected chi connectivity index (χ0v) is 8.03. The molecule has 0 saturated carbocycles. The van der Waals surface area contributed by atoms with Gasteiger partial charge >= 0.3 is 5.97 Å². The highest BCUT2D eigenvalue weighted by Gasteiger charge is 1.98. The highest BCUT2D eigenvalue weighted by atomic mass is 32.2. The molecule has 0 aliphatic heterocycles. The minimum Gasteiger partial charge on any atom is -0.468 e. The van der Waals surface area contributed by atoms with Gasteiger partial charge in [0, 0.05) is 11.1 Å². The van der Waals surface area contributed by atoms with E-state index >= 15 is 0 Å². The van der Waals surface area contributed by atoms with Crippen LogP contribution in [0.25, 0.3) is 0 Å². The maximum atomic E-state index is 10.6. The van der Waals surface area contributed by atoms with Crippen LogP contribution in [-0.2, 0) is 9.53 Å². The monoisotopic (exact) mass is 177 g/mol. The van der Waals surface area contributed by atoms with Gasteiger partial charge in [-0.05, 0) is 0 Å². The summed E-state index contributed by atoms with van der Waals surface area (Å²) >= 11 is 1.76. The molecule has 0 aromatic heterocycles. The molecule has 0 spiro atoms. The van der Waals surface area contributed by atoms with Crippen molar-refractivity contribution in [2.24, 2.45) is 0 Å². The first-order valence-corrected chi connectivity index (χ1v) is 4.60. The average molecular weight is 177 g/mol. The van der Waals surface area contributed by atoms with E-state index in [1.807, 2.05) is 0 Å². The fourth-order valence-electron chi connectivity index (χ4n) is 0.451. The number of ether oxygens (including phenoxy) is 1. The third kappa shape index (κ3) is 7.68. The zero-order chi connectivity index (χ0) is 8.69. The van der Waals surface area contributed by atoms with Crippen LogP contribution in [0.3, 0.4) is 0 Å². The normalized spacial score (nSPS) is 10.2. The molecule has 1 N–H and O–H groups in total. The van der Waals surface area contributed by atoms with E-state index in [1.54, 1.807) is 11.8 Å². The van der Waals surface area contributed by atoms with E-state index in [0.29, 0.717) is 11.8 Å². The molecular weight excluding hydrogens is 162 g/mol. The summed E-state index contributed by atoms with van der Waals surface area (Å²) in [6.07, 6.45) is 0. The minimum absolute atomic E-state index is 0.214. The van der Waals surface area contributed by atoms with Crippen LogP contribution in [0.1, 0.15) is 13.8 Å². The van der Waals surface area contributed by atoms with Gasteiger partial charge in [0.25, 0.3) is 0 Å². The van der Waals surface area contributed by atoms with Crippen LogP contribution in [0.4, 0.5) is 0 Å². The second-order valence-electron chi connectivity index (χ2n) is 2.36. The van der Waals surface area contributed by atoms with Gasteiger partial charge in [-0.1, -0.05) is 13.8 Å². The van der Waals surface area contributed by atoms with Crippen LogP contribution in [-0.4, -0.2) is 30.8 Å². The van der Waals surface area contributed by atoms with Crippen molar-refractivity contribution in [1.82, 2.24) is 5.32 Å². The fourth-order valence-corrected chi connectivity index (χ4v) is 1.00. The Hall–Kier alpha value is -0.220. The van der Waals surface area contributed by atoms with Gasteiger partial charge in [-0.3, -0.25) is 10.1 Å². The lowest BCUT2D eigenvalue weighted by molar-refractivity contribution is -0.139. The van der Waals surface area contributed by atoms with E-state index in [1.165, 1.54) is 7.11 Å². The molecule has 0 radical (unpaired) electrons. The van der Waals surface area contributed by atoms with Gasteiger partial charge in [-0.15, -0.1) is 11.8 Å². The smallest absolute Gasteiger partial charge is 0.319 e. The molecule has 0 fully saturated rings. The molecule has 0 rings (SSSR count). The van der Waals surface area contributed by atoms with E-state index < -0.39 is 0 Å². The SMILES string of the molecule is COC(=O)CNCSC(C)C. The number of esters is 1. The summed E-state index contributed by atoms with van der Waals surface area (Å²) in [4.78, 5) is 10.6. The number of carbonyl (C=O) groups is 1. The lowest BCUT2D eigenvalue weighted by atomic mass is 10.6. The quantitative estimate of drug-likeness (QED) is 0.384. The van der Waals surface area contributed by atoms with E-state index in [9.17, 15) is 4.79 Å². The third-order valence-corrected chi connectivity index (χ3v) is 2.05. The van der Waals surface area contributed by atoms with Crippen LogP contribution in [0.15, 0.2) is 0 Å². The van der Waals surface area contributed by atoms with Crippen LogP contribution in [0.2, 0.25) is 0 Å². The molecule has 0 heterocycles. The predicted molar refractivity (Wildman–Crippen MR) is 47.6 cm³/mol. The van der Waals surface area contributed by atoms with E-state index in [2.05, 4.69) is 23.9 Å².